The number of benzene rings is 1. The van der Waals surface area contributed by atoms with Gasteiger partial charge in [-0.2, -0.15) is 0 Å². The smallest absolute Gasteiger partial charge is 0.251 e. The van der Waals surface area contributed by atoms with Gasteiger partial charge in [-0.15, -0.1) is 0 Å². The van der Waals surface area contributed by atoms with Gasteiger partial charge in [-0.3, -0.25) is 4.79 Å². The third kappa shape index (κ3) is 2.97. The van der Waals surface area contributed by atoms with Crippen LogP contribution in [0.1, 0.15) is 21.6 Å². The van der Waals surface area contributed by atoms with Crippen LogP contribution < -0.4 is 5.32 Å². The number of nitrogens with zero attached hydrogens (tertiary/aromatic N) is 2. The Morgan fingerprint density at radius 3 is 2.81 bits per heavy atom. The SMILES string of the molecule is Cc1cc(Br)cn2cc(CNC(=O)c3ccccc3)nc12. The number of nitrogens with one attached hydrogen (secondary N) is 1. The highest BCUT2D eigenvalue weighted by molar-refractivity contribution is 9.10. The van der Waals surface area contributed by atoms with E-state index in [4.69, 9.17) is 0 Å². The van der Waals surface area contributed by atoms with Crippen LogP contribution in [0.3, 0.4) is 0 Å². The minimum Gasteiger partial charge on any atom is -0.346 e. The molecule has 0 bridgehead atoms. The maximum atomic E-state index is 12.0. The van der Waals surface area contributed by atoms with Crippen LogP contribution in [0.4, 0.5) is 0 Å². The summed E-state index contributed by atoms with van der Waals surface area (Å²) in [7, 11) is 0. The fraction of sp³-hybridized carbons (Fsp3) is 0.125. The van der Waals surface area contributed by atoms with E-state index in [1.165, 1.54) is 0 Å². The molecule has 0 radical (unpaired) electrons. The van der Waals surface area contributed by atoms with Gasteiger partial charge < -0.3 is 9.72 Å². The zero-order valence-corrected chi connectivity index (χ0v) is 13.1. The van der Waals surface area contributed by atoms with Crippen molar-refractivity contribution in [3.63, 3.8) is 0 Å². The van der Waals surface area contributed by atoms with Gasteiger partial charge in [-0.1, -0.05) is 18.2 Å². The molecule has 5 heteroatoms. The fourth-order valence-corrected chi connectivity index (χ4v) is 2.79. The van der Waals surface area contributed by atoms with E-state index in [1.54, 1.807) is 12.1 Å². The van der Waals surface area contributed by atoms with Gasteiger partial charge in [-0.05, 0) is 46.6 Å². The molecule has 21 heavy (non-hydrogen) atoms. The first-order valence-electron chi connectivity index (χ1n) is 6.60. The van der Waals surface area contributed by atoms with E-state index in [0.717, 1.165) is 21.4 Å². The molecule has 106 valence electrons. The van der Waals surface area contributed by atoms with E-state index in [1.807, 2.05) is 48.0 Å². The van der Waals surface area contributed by atoms with Crippen molar-refractivity contribution in [1.29, 1.82) is 0 Å². The van der Waals surface area contributed by atoms with Crippen LogP contribution in [0.5, 0.6) is 0 Å². The summed E-state index contributed by atoms with van der Waals surface area (Å²) >= 11 is 3.47. The van der Waals surface area contributed by atoms with E-state index in [2.05, 4.69) is 26.2 Å². The minimum absolute atomic E-state index is 0.0921. The van der Waals surface area contributed by atoms with Crippen molar-refractivity contribution in [3.8, 4) is 0 Å². The molecule has 0 aliphatic carbocycles. The van der Waals surface area contributed by atoms with Crippen molar-refractivity contribution in [1.82, 2.24) is 14.7 Å². The Hall–Kier alpha value is -2.14. The van der Waals surface area contributed by atoms with Crippen molar-refractivity contribution >= 4 is 27.5 Å². The number of halogens is 1. The summed E-state index contributed by atoms with van der Waals surface area (Å²) in [4.78, 5) is 16.5. The third-order valence-electron chi connectivity index (χ3n) is 3.22. The summed E-state index contributed by atoms with van der Waals surface area (Å²) in [6.45, 7) is 2.42. The van der Waals surface area contributed by atoms with Crippen molar-refractivity contribution < 1.29 is 4.79 Å². The second-order valence-electron chi connectivity index (χ2n) is 4.85. The highest BCUT2D eigenvalue weighted by atomic mass is 79.9. The van der Waals surface area contributed by atoms with Gasteiger partial charge in [0.15, 0.2) is 0 Å². The predicted molar refractivity (Wildman–Crippen MR) is 85.2 cm³/mol. The molecule has 3 aromatic rings. The first-order chi connectivity index (χ1) is 10.1. The largest absolute Gasteiger partial charge is 0.346 e. The summed E-state index contributed by atoms with van der Waals surface area (Å²) in [5.41, 5.74) is 3.48. The van der Waals surface area contributed by atoms with Crippen molar-refractivity contribution in [2.75, 3.05) is 0 Å². The number of rotatable bonds is 3. The normalized spacial score (nSPS) is 10.8. The van der Waals surface area contributed by atoms with Crippen molar-refractivity contribution in [2.45, 2.75) is 13.5 Å². The molecule has 2 heterocycles. The Balaban J connectivity index is 1.77. The molecule has 1 amide bonds. The maximum Gasteiger partial charge on any atom is 0.251 e. The highest BCUT2D eigenvalue weighted by Crippen LogP contribution is 2.17. The standard InChI is InChI=1S/C16H14BrN3O/c1-11-7-13(17)9-20-10-14(19-15(11)20)8-18-16(21)12-5-3-2-4-6-12/h2-7,9-10H,8H2,1H3,(H,18,21). The van der Waals surface area contributed by atoms with E-state index in [-0.39, 0.29) is 5.91 Å². The molecule has 0 spiro atoms. The molecule has 0 atom stereocenters. The molecule has 2 aromatic heterocycles. The summed E-state index contributed by atoms with van der Waals surface area (Å²) < 4.78 is 2.97. The van der Waals surface area contributed by atoms with E-state index < -0.39 is 0 Å². The first kappa shape index (κ1) is 13.8. The molecular formula is C16H14BrN3O. The van der Waals surface area contributed by atoms with Crippen LogP contribution in [0.25, 0.3) is 5.65 Å². The number of hydrogen-bond donors (Lipinski definition) is 1. The number of carbonyl (C=O) groups is 1. The Morgan fingerprint density at radius 1 is 1.29 bits per heavy atom. The molecule has 0 unspecified atom stereocenters. The lowest BCUT2D eigenvalue weighted by Gasteiger charge is -2.02. The van der Waals surface area contributed by atoms with Gasteiger partial charge in [0.05, 0.1) is 12.2 Å². The topological polar surface area (TPSA) is 46.4 Å². The lowest BCUT2D eigenvalue weighted by molar-refractivity contribution is 0.0950. The average molecular weight is 344 g/mol. The Morgan fingerprint density at radius 2 is 2.05 bits per heavy atom. The second-order valence-corrected chi connectivity index (χ2v) is 5.77. The van der Waals surface area contributed by atoms with Crippen LogP contribution in [-0.4, -0.2) is 15.3 Å². The predicted octanol–water partition coefficient (Wildman–Crippen LogP) is 3.34. The average Bonchev–Trinajstić information content (AvgIpc) is 2.89. The molecule has 0 saturated carbocycles. The monoisotopic (exact) mass is 343 g/mol. The summed E-state index contributed by atoms with van der Waals surface area (Å²) in [5, 5.41) is 2.88. The number of hydrogen-bond acceptors (Lipinski definition) is 2. The van der Waals surface area contributed by atoms with Crippen LogP contribution in [-0.2, 0) is 6.54 Å². The van der Waals surface area contributed by atoms with Gasteiger partial charge >= 0.3 is 0 Å². The molecule has 0 fully saturated rings. The van der Waals surface area contributed by atoms with Crippen LogP contribution >= 0.6 is 15.9 Å². The fourth-order valence-electron chi connectivity index (χ4n) is 2.22. The van der Waals surface area contributed by atoms with E-state index in [9.17, 15) is 4.79 Å². The molecule has 0 aliphatic heterocycles. The lowest BCUT2D eigenvalue weighted by atomic mass is 10.2. The molecule has 0 saturated heterocycles. The Kier molecular flexibility index (Phi) is 3.75. The van der Waals surface area contributed by atoms with Gasteiger partial charge in [0, 0.05) is 22.4 Å². The molecule has 1 N–H and O–H groups in total. The van der Waals surface area contributed by atoms with E-state index >= 15 is 0 Å². The van der Waals surface area contributed by atoms with Gasteiger partial charge in [0.1, 0.15) is 5.65 Å². The zero-order valence-electron chi connectivity index (χ0n) is 11.5. The number of carbonyl (C=O) groups excluding carboxylic acids is 1. The van der Waals surface area contributed by atoms with Crippen LogP contribution in [0.2, 0.25) is 0 Å². The summed E-state index contributed by atoms with van der Waals surface area (Å²) in [5.74, 6) is -0.0921. The molecule has 3 rings (SSSR count). The summed E-state index contributed by atoms with van der Waals surface area (Å²) in [6, 6.07) is 11.2. The highest BCUT2D eigenvalue weighted by Gasteiger charge is 2.08. The molecular weight excluding hydrogens is 330 g/mol. The minimum atomic E-state index is -0.0921. The molecule has 1 aromatic carbocycles. The zero-order chi connectivity index (χ0) is 14.8. The number of pyridine rings is 1. The Bertz CT molecular complexity index is 796. The number of amides is 1. The quantitative estimate of drug-likeness (QED) is 0.792. The van der Waals surface area contributed by atoms with Gasteiger partial charge in [-0.25, -0.2) is 4.98 Å². The molecule has 0 aliphatic rings. The van der Waals surface area contributed by atoms with Gasteiger partial charge in [0.2, 0.25) is 0 Å². The second kappa shape index (κ2) is 5.69. The summed E-state index contributed by atoms with van der Waals surface area (Å²) in [6.07, 6.45) is 3.89. The van der Waals surface area contributed by atoms with Crippen molar-refractivity contribution in [2.24, 2.45) is 0 Å². The number of aryl methyl sites for hydroxylation is 1. The first-order valence-corrected chi connectivity index (χ1v) is 7.40. The number of fused-ring (bicyclic) bond motifs is 1. The maximum absolute atomic E-state index is 12.0. The number of imidazole rings is 1. The van der Waals surface area contributed by atoms with E-state index in [0.29, 0.717) is 12.1 Å². The third-order valence-corrected chi connectivity index (χ3v) is 3.65. The lowest BCUT2D eigenvalue weighted by Crippen LogP contribution is -2.22. The van der Waals surface area contributed by atoms with Crippen LogP contribution in [0, 0.1) is 6.92 Å². The molecule has 4 nitrogen and oxygen atoms in total. The van der Waals surface area contributed by atoms with Crippen LogP contribution in [0.15, 0.2) is 53.3 Å². The van der Waals surface area contributed by atoms with Gasteiger partial charge in [0.25, 0.3) is 5.91 Å². The van der Waals surface area contributed by atoms with Crippen molar-refractivity contribution in [3.05, 3.63) is 70.1 Å². The number of aromatic nitrogens is 2. The Labute approximate surface area is 131 Å².